The maximum absolute atomic E-state index is 11.3. The molecule has 0 fully saturated rings. The summed E-state index contributed by atoms with van der Waals surface area (Å²) in [4.78, 5) is 14.3. The molecule has 1 aromatic carbocycles. The summed E-state index contributed by atoms with van der Waals surface area (Å²) in [6.45, 7) is 5.17. The van der Waals surface area contributed by atoms with E-state index >= 15 is 0 Å². The fourth-order valence-electron chi connectivity index (χ4n) is 1.58. The molecule has 0 aliphatic carbocycles. The number of hydrogen-bond acceptors (Lipinski definition) is 3. The second-order valence-corrected chi connectivity index (χ2v) is 6.23. The van der Waals surface area contributed by atoms with Crippen molar-refractivity contribution in [1.29, 1.82) is 0 Å². The van der Waals surface area contributed by atoms with Gasteiger partial charge in [-0.3, -0.25) is 4.79 Å². The number of nitrogens with zero attached hydrogens (tertiary/aromatic N) is 1. The standard InChI is InChI=1S/C14H22N2OS/c1-11(2)18-13-6-4-12(5-7-13)8-9-16(3)14(17)10-15/h4-7,11H,8-10,15H2,1-3H3. The van der Waals surface area contributed by atoms with E-state index in [1.165, 1.54) is 10.5 Å². The molecule has 100 valence electrons. The summed E-state index contributed by atoms with van der Waals surface area (Å²) in [5.41, 5.74) is 6.56. The van der Waals surface area contributed by atoms with E-state index < -0.39 is 0 Å². The van der Waals surface area contributed by atoms with Crippen molar-refractivity contribution in [3.05, 3.63) is 29.8 Å². The average Bonchev–Trinajstić information content (AvgIpc) is 2.36. The molecule has 3 nitrogen and oxygen atoms in total. The van der Waals surface area contributed by atoms with Crippen LogP contribution in [0, 0.1) is 0 Å². The van der Waals surface area contributed by atoms with Gasteiger partial charge in [-0.2, -0.15) is 0 Å². The van der Waals surface area contributed by atoms with Crippen LogP contribution in [0.1, 0.15) is 19.4 Å². The number of likely N-dealkylation sites (N-methyl/N-ethyl adjacent to an activating group) is 1. The van der Waals surface area contributed by atoms with Crippen LogP contribution in [0.15, 0.2) is 29.2 Å². The van der Waals surface area contributed by atoms with Crippen molar-refractivity contribution >= 4 is 17.7 Å². The molecular formula is C14H22N2OS. The highest BCUT2D eigenvalue weighted by Gasteiger charge is 2.06. The lowest BCUT2D eigenvalue weighted by Gasteiger charge is -2.16. The number of nitrogens with two attached hydrogens (primary N) is 1. The summed E-state index contributed by atoms with van der Waals surface area (Å²) in [7, 11) is 1.79. The third kappa shape index (κ3) is 5.10. The van der Waals surface area contributed by atoms with Gasteiger partial charge >= 0.3 is 0 Å². The van der Waals surface area contributed by atoms with Crippen LogP contribution in [0.5, 0.6) is 0 Å². The molecule has 0 bridgehead atoms. The first kappa shape index (κ1) is 15.1. The van der Waals surface area contributed by atoms with Crippen molar-refractivity contribution in [2.45, 2.75) is 30.4 Å². The van der Waals surface area contributed by atoms with E-state index in [4.69, 9.17) is 5.73 Å². The van der Waals surface area contributed by atoms with E-state index in [2.05, 4.69) is 38.1 Å². The van der Waals surface area contributed by atoms with Crippen molar-refractivity contribution in [3.63, 3.8) is 0 Å². The summed E-state index contributed by atoms with van der Waals surface area (Å²) < 4.78 is 0. The van der Waals surface area contributed by atoms with Gasteiger partial charge in [0.15, 0.2) is 0 Å². The van der Waals surface area contributed by atoms with Crippen molar-refractivity contribution in [1.82, 2.24) is 4.90 Å². The summed E-state index contributed by atoms with van der Waals surface area (Å²) in [5.74, 6) is -0.0121. The SMILES string of the molecule is CC(C)Sc1ccc(CCN(C)C(=O)CN)cc1. The fourth-order valence-corrected chi connectivity index (χ4v) is 2.42. The predicted octanol–water partition coefficient (Wildman–Crippen LogP) is 2.15. The third-order valence-electron chi connectivity index (χ3n) is 2.63. The van der Waals surface area contributed by atoms with Gasteiger partial charge in [-0.05, 0) is 24.1 Å². The van der Waals surface area contributed by atoms with Gasteiger partial charge < -0.3 is 10.6 Å². The van der Waals surface area contributed by atoms with Crippen molar-refractivity contribution in [2.75, 3.05) is 20.1 Å². The van der Waals surface area contributed by atoms with E-state index in [1.54, 1.807) is 11.9 Å². The Bertz CT molecular complexity index is 376. The molecule has 0 saturated heterocycles. The van der Waals surface area contributed by atoms with E-state index in [1.807, 2.05) is 11.8 Å². The maximum atomic E-state index is 11.3. The molecule has 1 aromatic rings. The Balaban J connectivity index is 2.46. The van der Waals surface area contributed by atoms with Crippen molar-refractivity contribution in [3.8, 4) is 0 Å². The van der Waals surface area contributed by atoms with E-state index in [0.29, 0.717) is 11.8 Å². The summed E-state index contributed by atoms with van der Waals surface area (Å²) >= 11 is 1.86. The first-order valence-electron chi connectivity index (χ1n) is 6.22. The quantitative estimate of drug-likeness (QED) is 0.803. The highest BCUT2D eigenvalue weighted by atomic mass is 32.2. The molecule has 0 aromatic heterocycles. The Morgan fingerprint density at radius 1 is 1.33 bits per heavy atom. The van der Waals surface area contributed by atoms with Gasteiger partial charge in [0.2, 0.25) is 5.91 Å². The predicted molar refractivity (Wildman–Crippen MR) is 77.8 cm³/mol. The van der Waals surface area contributed by atoms with Gasteiger partial charge in [0.05, 0.1) is 6.54 Å². The monoisotopic (exact) mass is 266 g/mol. The van der Waals surface area contributed by atoms with Gasteiger partial charge in [-0.1, -0.05) is 26.0 Å². The van der Waals surface area contributed by atoms with E-state index in [-0.39, 0.29) is 12.5 Å². The largest absolute Gasteiger partial charge is 0.344 e. The van der Waals surface area contributed by atoms with Crippen LogP contribution in [0.3, 0.4) is 0 Å². The minimum absolute atomic E-state index is 0.0121. The van der Waals surface area contributed by atoms with Gasteiger partial charge in [0, 0.05) is 23.7 Å². The number of thioether (sulfide) groups is 1. The number of amides is 1. The summed E-state index contributed by atoms with van der Waals surface area (Å²) in [5, 5.41) is 0.601. The maximum Gasteiger partial charge on any atom is 0.236 e. The summed E-state index contributed by atoms with van der Waals surface area (Å²) in [6, 6.07) is 8.55. The van der Waals surface area contributed by atoms with Crippen LogP contribution in [0.2, 0.25) is 0 Å². The second-order valence-electron chi connectivity index (χ2n) is 4.58. The minimum Gasteiger partial charge on any atom is -0.344 e. The molecule has 0 radical (unpaired) electrons. The molecule has 0 aliphatic rings. The molecule has 0 atom stereocenters. The van der Waals surface area contributed by atoms with Gasteiger partial charge in [0.1, 0.15) is 0 Å². The van der Waals surface area contributed by atoms with E-state index in [9.17, 15) is 4.79 Å². The second kappa shape index (κ2) is 7.44. The molecule has 0 spiro atoms. The molecule has 4 heteroatoms. The van der Waals surface area contributed by atoms with Crippen LogP contribution >= 0.6 is 11.8 Å². The minimum atomic E-state index is -0.0121. The molecular weight excluding hydrogens is 244 g/mol. The molecule has 1 amide bonds. The number of carbonyl (C=O) groups excluding carboxylic acids is 1. The molecule has 0 saturated carbocycles. The van der Waals surface area contributed by atoms with Crippen LogP contribution in [-0.2, 0) is 11.2 Å². The lowest BCUT2D eigenvalue weighted by Crippen LogP contribution is -2.34. The molecule has 0 aliphatic heterocycles. The van der Waals surface area contributed by atoms with Gasteiger partial charge in [0.25, 0.3) is 0 Å². The highest BCUT2D eigenvalue weighted by Crippen LogP contribution is 2.22. The third-order valence-corrected chi connectivity index (χ3v) is 3.65. The zero-order chi connectivity index (χ0) is 13.5. The smallest absolute Gasteiger partial charge is 0.236 e. The van der Waals surface area contributed by atoms with Crippen molar-refractivity contribution < 1.29 is 4.79 Å². The first-order valence-corrected chi connectivity index (χ1v) is 7.10. The normalized spacial score (nSPS) is 10.7. The molecule has 0 unspecified atom stereocenters. The van der Waals surface area contributed by atoms with Crippen molar-refractivity contribution in [2.24, 2.45) is 5.73 Å². The Kier molecular flexibility index (Phi) is 6.22. The zero-order valence-corrected chi connectivity index (χ0v) is 12.2. The van der Waals surface area contributed by atoms with E-state index in [0.717, 1.165) is 6.42 Å². The lowest BCUT2D eigenvalue weighted by atomic mass is 10.1. The molecule has 2 N–H and O–H groups in total. The van der Waals surface area contributed by atoms with Gasteiger partial charge in [-0.15, -0.1) is 11.8 Å². The average molecular weight is 266 g/mol. The Morgan fingerprint density at radius 3 is 2.44 bits per heavy atom. The zero-order valence-electron chi connectivity index (χ0n) is 11.3. The molecule has 1 rings (SSSR count). The number of benzene rings is 1. The van der Waals surface area contributed by atoms with Crippen LogP contribution in [-0.4, -0.2) is 36.2 Å². The van der Waals surface area contributed by atoms with Crippen LogP contribution < -0.4 is 5.73 Å². The molecule has 18 heavy (non-hydrogen) atoms. The number of carbonyl (C=O) groups is 1. The number of hydrogen-bond donors (Lipinski definition) is 1. The Hall–Kier alpha value is -1.00. The topological polar surface area (TPSA) is 46.3 Å². The lowest BCUT2D eigenvalue weighted by molar-refractivity contribution is -0.128. The molecule has 0 heterocycles. The highest BCUT2D eigenvalue weighted by molar-refractivity contribution is 7.99. The fraction of sp³-hybridized carbons (Fsp3) is 0.500. The Morgan fingerprint density at radius 2 is 1.94 bits per heavy atom. The Labute approximate surface area is 114 Å². The first-order chi connectivity index (χ1) is 8.52. The van der Waals surface area contributed by atoms with Gasteiger partial charge in [-0.25, -0.2) is 0 Å². The van der Waals surface area contributed by atoms with Crippen LogP contribution in [0.25, 0.3) is 0 Å². The number of rotatable bonds is 6. The van der Waals surface area contributed by atoms with Crippen LogP contribution in [0.4, 0.5) is 0 Å². The summed E-state index contributed by atoms with van der Waals surface area (Å²) in [6.07, 6.45) is 0.870.